The molecule has 0 aliphatic carbocycles. The maximum Gasteiger partial charge on any atom is 0.224 e. The first-order chi connectivity index (χ1) is 11.6. The normalized spacial score (nSPS) is 16.1. The lowest BCUT2D eigenvalue weighted by molar-refractivity contribution is -0.117. The lowest BCUT2D eigenvalue weighted by Crippen LogP contribution is -2.32. The minimum absolute atomic E-state index is 0. The summed E-state index contributed by atoms with van der Waals surface area (Å²) in [5.74, 6) is 1.20. The van der Waals surface area contributed by atoms with Gasteiger partial charge in [0.05, 0.1) is 10.7 Å². The molecule has 1 atom stereocenters. The molecule has 2 N–H and O–H groups in total. The van der Waals surface area contributed by atoms with Gasteiger partial charge in [-0.2, -0.15) is 0 Å². The molecule has 2 aromatic rings. The number of benzene rings is 1. The van der Waals surface area contributed by atoms with E-state index in [-0.39, 0.29) is 18.3 Å². The fraction of sp³-hybridized carbons (Fsp3) is 0.474. The van der Waals surface area contributed by atoms with Crippen molar-refractivity contribution in [2.24, 2.45) is 11.8 Å². The monoisotopic (exact) mass is 379 g/mol. The number of hydrogen-bond acceptors (Lipinski definition) is 4. The second-order valence-electron chi connectivity index (χ2n) is 6.65. The van der Waals surface area contributed by atoms with Crippen LogP contribution in [0, 0.1) is 18.8 Å². The Morgan fingerprint density at radius 1 is 1.32 bits per heavy atom. The van der Waals surface area contributed by atoms with Crippen LogP contribution in [0.1, 0.15) is 31.2 Å². The van der Waals surface area contributed by atoms with E-state index in [0.717, 1.165) is 35.0 Å². The molecule has 1 unspecified atom stereocenters. The maximum atomic E-state index is 12.3. The molecule has 25 heavy (non-hydrogen) atoms. The summed E-state index contributed by atoms with van der Waals surface area (Å²) in [7, 11) is 0. The summed E-state index contributed by atoms with van der Waals surface area (Å²) in [5, 5.41) is 9.52. The van der Waals surface area contributed by atoms with Crippen molar-refractivity contribution in [1.82, 2.24) is 10.3 Å². The molecule has 4 nitrogen and oxygen atoms in total. The molecule has 1 fully saturated rings. The van der Waals surface area contributed by atoms with Gasteiger partial charge in [0, 0.05) is 23.1 Å². The van der Waals surface area contributed by atoms with Crippen LogP contribution in [0.4, 0.5) is 5.69 Å². The molecule has 0 spiro atoms. The van der Waals surface area contributed by atoms with Gasteiger partial charge in [0.1, 0.15) is 0 Å². The van der Waals surface area contributed by atoms with Gasteiger partial charge in [-0.15, -0.1) is 23.7 Å². The molecular formula is C19H26ClN3OS. The van der Waals surface area contributed by atoms with Crippen LogP contribution in [-0.4, -0.2) is 24.0 Å². The van der Waals surface area contributed by atoms with E-state index in [1.54, 1.807) is 11.3 Å². The predicted octanol–water partition coefficient (Wildman–Crippen LogP) is 4.50. The number of hydrogen-bond donors (Lipinski definition) is 2. The van der Waals surface area contributed by atoms with E-state index in [1.165, 1.54) is 12.8 Å². The van der Waals surface area contributed by atoms with Gasteiger partial charge in [0.2, 0.25) is 5.91 Å². The molecule has 3 rings (SSSR count). The summed E-state index contributed by atoms with van der Waals surface area (Å²) in [6, 6.07) is 7.94. The third-order valence-corrected chi connectivity index (χ3v) is 5.55. The van der Waals surface area contributed by atoms with E-state index >= 15 is 0 Å². The van der Waals surface area contributed by atoms with Crippen molar-refractivity contribution in [3.8, 4) is 11.3 Å². The highest BCUT2D eigenvalue weighted by molar-refractivity contribution is 7.09. The topological polar surface area (TPSA) is 54.0 Å². The van der Waals surface area contributed by atoms with E-state index in [2.05, 4.69) is 27.9 Å². The molecule has 1 amide bonds. The highest BCUT2D eigenvalue weighted by atomic mass is 35.5. The SMILES string of the molecule is Cc1nc(-c2ccc(NC(=O)CC(C)C3CCNCC3)cc2)cs1.Cl. The Kier molecular flexibility index (Phi) is 7.41. The molecule has 0 radical (unpaired) electrons. The summed E-state index contributed by atoms with van der Waals surface area (Å²) in [6.45, 7) is 6.36. The number of nitrogens with zero attached hydrogens (tertiary/aromatic N) is 1. The van der Waals surface area contributed by atoms with Crippen molar-refractivity contribution >= 4 is 35.3 Å². The summed E-state index contributed by atoms with van der Waals surface area (Å²) in [4.78, 5) is 16.8. The smallest absolute Gasteiger partial charge is 0.224 e. The quantitative estimate of drug-likeness (QED) is 0.803. The van der Waals surface area contributed by atoms with E-state index in [1.807, 2.05) is 31.2 Å². The number of carbonyl (C=O) groups excluding carboxylic acids is 1. The van der Waals surface area contributed by atoms with Crippen LogP contribution in [0.25, 0.3) is 11.3 Å². The largest absolute Gasteiger partial charge is 0.326 e. The zero-order valence-electron chi connectivity index (χ0n) is 14.7. The van der Waals surface area contributed by atoms with Gasteiger partial charge in [-0.05, 0) is 56.8 Å². The van der Waals surface area contributed by atoms with Gasteiger partial charge < -0.3 is 10.6 Å². The van der Waals surface area contributed by atoms with Gasteiger partial charge in [0.25, 0.3) is 0 Å². The van der Waals surface area contributed by atoms with Crippen LogP contribution in [0.2, 0.25) is 0 Å². The van der Waals surface area contributed by atoms with Crippen LogP contribution < -0.4 is 10.6 Å². The second kappa shape index (κ2) is 9.32. The van der Waals surface area contributed by atoms with Crippen LogP contribution in [0.5, 0.6) is 0 Å². The minimum atomic E-state index is 0. The molecule has 1 aromatic carbocycles. The third kappa shape index (κ3) is 5.53. The average molecular weight is 380 g/mol. The molecule has 1 aliphatic rings. The van der Waals surface area contributed by atoms with Crippen LogP contribution in [0.15, 0.2) is 29.6 Å². The summed E-state index contributed by atoms with van der Waals surface area (Å²) in [6.07, 6.45) is 2.95. The van der Waals surface area contributed by atoms with Crippen LogP contribution in [-0.2, 0) is 4.79 Å². The van der Waals surface area contributed by atoms with Crippen molar-refractivity contribution in [2.45, 2.75) is 33.1 Å². The number of thiazole rings is 1. The van der Waals surface area contributed by atoms with E-state index in [9.17, 15) is 4.79 Å². The Labute approximate surface area is 159 Å². The van der Waals surface area contributed by atoms with Crippen molar-refractivity contribution in [1.29, 1.82) is 0 Å². The van der Waals surface area contributed by atoms with Gasteiger partial charge >= 0.3 is 0 Å². The lowest BCUT2D eigenvalue weighted by atomic mass is 9.84. The van der Waals surface area contributed by atoms with E-state index in [4.69, 9.17) is 0 Å². The molecule has 1 saturated heterocycles. The third-order valence-electron chi connectivity index (χ3n) is 4.78. The number of amides is 1. The fourth-order valence-corrected chi connectivity index (χ4v) is 3.93. The van der Waals surface area contributed by atoms with Crippen molar-refractivity contribution in [3.05, 3.63) is 34.7 Å². The number of carbonyl (C=O) groups is 1. The predicted molar refractivity (Wildman–Crippen MR) is 108 cm³/mol. The van der Waals surface area contributed by atoms with Crippen molar-refractivity contribution in [2.75, 3.05) is 18.4 Å². The van der Waals surface area contributed by atoms with Crippen molar-refractivity contribution < 1.29 is 4.79 Å². The standard InChI is InChI=1S/C19H25N3OS.ClH/c1-13(15-7-9-20-10-8-15)11-19(23)22-17-5-3-16(4-6-17)18-12-24-14(2)21-18;/h3-6,12-13,15,20H,7-11H2,1-2H3,(H,22,23);1H. The first-order valence-electron chi connectivity index (χ1n) is 8.65. The van der Waals surface area contributed by atoms with Crippen LogP contribution >= 0.6 is 23.7 Å². The number of anilines is 1. The Morgan fingerprint density at radius 2 is 2.00 bits per heavy atom. The number of piperidine rings is 1. The molecule has 0 saturated carbocycles. The highest BCUT2D eigenvalue weighted by Gasteiger charge is 2.22. The number of nitrogens with one attached hydrogen (secondary N) is 2. The van der Waals surface area contributed by atoms with Crippen molar-refractivity contribution in [3.63, 3.8) is 0 Å². The lowest BCUT2D eigenvalue weighted by Gasteiger charge is -2.27. The van der Waals surface area contributed by atoms with Gasteiger partial charge in [-0.3, -0.25) is 4.79 Å². The highest BCUT2D eigenvalue weighted by Crippen LogP contribution is 2.26. The van der Waals surface area contributed by atoms with Gasteiger partial charge in [-0.1, -0.05) is 19.1 Å². The van der Waals surface area contributed by atoms with Gasteiger partial charge in [-0.25, -0.2) is 4.98 Å². The summed E-state index contributed by atoms with van der Waals surface area (Å²) in [5.41, 5.74) is 2.93. The minimum Gasteiger partial charge on any atom is -0.326 e. The molecule has 1 aromatic heterocycles. The Morgan fingerprint density at radius 3 is 2.60 bits per heavy atom. The number of rotatable bonds is 5. The number of aryl methyl sites for hydroxylation is 1. The molecule has 2 heterocycles. The average Bonchev–Trinajstić information content (AvgIpc) is 3.02. The van der Waals surface area contributed by atoms with Crippen LogP contribution in [0.3, 0.4) is 0 Å². The Hall–Kier alpha value is -1.43. The Bertz CT molecular complexity index is 680. The van der Waals surface area contributed by atoms with Gasteiger partial charge in [0.15, 0.2) is 0 Å². The first-order valence-corrected chi connectivity index (χ1v) is 9.53. The molecule has 1 aliphatic heterocycles. The molecule has 136 valence electrons. The second-order valence-corrected chi connectivity index (χ2v) is 7.71. The molecular weight excluding hydrogens is 354 g/mol. The maximum absolute atomic E-state index is 12.3. The molecule has 0 bridgehead atoms. The van der Waals surface area contributed by atoms with E-state index < -0.39 is 0 Å². The number of aromatic nitrogens is 1. The zero-order chi connectivity index (χ0) is 16.9. The summed E-state index contributed by atoms with van der Waals surface area (Å²) >= 11 is 1.65. The summed E-state index contributed by atoms with van der Waals surface area (Å²) < 4.78 is 0. The Balaban J connectivity index is 0.00000225. The zero-order valence-corrected chi connectivity index (χ0v) is 16.4. The number of halogens is 1. The molecule has 6 heteroatoms. The fourth-order valence-electron chi connectivity index (χ4n) is 3.30. The first kappa shape index (κ1) is 19.9. The van der Waals surface area contributed by atoms with E-state index in [0.29, 0.717) is 18.3 Å².